The fourth-order valence-corrected chi connectivity index (χ4v) is 7.49. The molecule has 0 bridgehead atoms. The number of hydrogen-bond acceptors (Lipinski definition) is 1. The molecule has 53 heavy (non-hydrogen) atoms. The summed E-state index contributed by atoms with van der Waals surface area (Å²) in [5.74, 6) is 0. The Morgan fingerprint density at radius 3 is 1.42 bits per heavy atom. The Labute approximate surface area is 311 Å². The predicted molar refractivity (Wildman–Crippen MR) is 226 cm³/mol. The number of rotatable bonds is 8. The van der Waals surface area contributed by atoms with Crippen LogP contribution in [0.1, 0.15) is 0 Å². The SMILES string of the molecule is c1ccc(-c2cccc(N(c3ccc(-c4ccc5ccccc5c4)cc3)c3ccccc3-c3ccccc3-c3ccccc3-c3ccccc3)c2)cc1. The number of nitrogens with zero attached hydrogens (tertiary/aromatic N) is 1. The average Bonchev–Trinajstić information content (AvgIpc) is 3.25. The van der Waals surface area contributed by atoms with Crippen molar-refractivity contribution in [3.63, 3.8) is 0 Å². The third kappa shape index (κ3) is 6.42. The van der Waals surface area contributed by atoms with Gasteiger partial charge in [0.2, 0.25) is 0 Å². The van der Waals surface area contributed by atoms with E-state index in [2.05, 4.69) is 229 Å². The number of benzene rings is 9. The fraction of sp³-hybridized carbons (Fsp3) is 0. The van der Waals surface area contributed by atoms with Crippen LogP contribution in [0.4, 0.5) is 17.1 Å². The van der Waals surface area contributed by atoms with Crippen LogP contribution in [0, 0.1) is 0 Å². The first-order valence-electron chi connectivity index (χ1n) is 18.2. The molecule has 0 fully saturated rings. The van der Waals surface area contributed by atoms with Crippen molar-refractivity contribution >= 4 is 27.8 Å². The van der Waals surface area contributed by atoms with Gasteiger partial charge in [-0.05, 0) is 97.2 Å². The van der Waals surface area contributed by atoms with Crippen LogP contribution in [-0.4, -0.2) is 0 Å². The van der Waals surface area contributed by atoms with Crippen LogP contribution < -0.4 is 4.90 Å². The smallest absolute Gasteiger partial charge is 0.0540 e. The third-order valence-corrected chi connectivity index (χ3v) is 10.1. The lowest BCUT2D eigenvalue weighted by Gasteiger charge is -2.29. The largest absolute Gasteiger partial charge is 0.310 e. The molecule has 0 amide bonds. The lowest BCUT2D eigenvalue weighted by Crippen LogP contribution is -2.11. The Morgan fingerprint density at radius 1 is 0.226 bits per heavy atom. The van der Waals surface area contributed by atoms with Crippen molar-refractivity contribution in [2.45, 2.75) is 0 Å². The van der Waals surface area contributed by atoms with Gasteiger partial charge in [0.1, 0.15) is 0 Å². The summed E-state index contributed by atoms with van der Waals surface area (Å²) in [6, 6.07) is 80.9. The van der Waals surface area contributed by atoms with Gasteiger partial charge in [-0.2, -0.15) is 0 Å². The first-order chi connectivity index (χ1) is 26.3. The van der Waals surface area contributed by atoms with Gasteiger partial charge < -0.3 is 4.90 Å². The molecule has 9 rings (SSSR count). The Hall–Kier alpha value is -6.96. The zero-order valence-corrected chi connectivity index (χ0v) is 29.3. The normalized spacial score (nSPS) is 11.0. The summed E-state index contributed by atoms with van der Waals surface area (Å²) in [4.78, 5) is 2.41. The topological polar surface area (TPSA) is 3.24 Å². The number of para-hydroxylation sites is 1. The minimum absolute atomic E-state index is 1.09. The van der Waals surface area contributed by atoms with Gasteiger partial charge in [-0.1, -0.05) is 188 Å². The molecule has 9 aromatic carbocycles. The molecule has 0 spiro atoms. The van der Waals surface area contributed by atoms with Crippen LogP contribution in [0.2, 0.25) is 0 Å². The maximum atomic E-state index is 2.41. The highest BCUT2D eigenvalue weighted by molar-refractivity contribution is 5.97. The van der Waals surface area contributed by atoms with Gasteiger partial charge in [0.05, 0.1) is 5.69 Å². The van der Waals surface area contributed by atoms with Crippen molar-refractivity contribution in [2.24, 2.45) is 0 Å². The molecule has 0 aliphatic rings. The van der Waals surface area contributed by atoms with E-state index in [1.807, 2.05) is 0 Å². The van der Waals surface area contributed by atoms with Crippen molar-refractivity contribution in [2.75, 3.05) is 4.90 Å². The highest BCUT2D eigenvalue weighted by Gasteiger charge is 2.20. The maximum absolute atomic E-state index is 2.41. The molecule has 0 aromatic heterocycles. The minimum Gasteiger partial charge on any atom is -0.310 e. The molecule has 0 aliphatic carbocycles. The molecule has 0 saturated heterocycles. The summed E-state index contributed by atoms with van der Waals surface area (Å²) in [6.07, 6.45) is 0. The van der Waals surface area contributed by atoms with Gasteiger partial charge >= 0.3 is 0 Å². The second-order valence-corrected chi connectivity index (χ2v) is 13.3. The van der Waals surface area contributed by atoms with Gasteiger partial charge in [-0.25, -0.2) is 0 Å². The molecule has 0 atom stereocenters. The molecule has 0 aliphatic heterocycles. The molecule has 0 N–H and O–H groups in total. The van der Waals surface area contributed by atoms with Crippen LogP contribution in [0.15, 0.2) is 224 Å². The van der Waals surface area contributed by atoms with Gasteiger partial charge in [-0.3, -0.25) is 0 Å². The van der Waals surface area contributed by atoms with E-state index in [0.717, 1.165) is 22.6 Å². The van der Waals surface area contributed by atoms with Crippen molar-refractivity contribution in [3.8, 4) is 55.6 Å². The van der Waals surface area contributed by atoms with E-state index >= 15 is 0 Å². The lowest BCUT2D eigenvalue weighted by atomic mass is 9.88. The van der Waals surface area contributed by atoms with Crippen molar-refractivity contribution in [3.05, 3.63) is 224 Å². The minimum atomic E-state index is 1.09. The molecular weight excluding hydrogens is 639 g/mol. The van der Waals surface area contributed by atoms with E-state index in [4.69, 9.17) is 0 Å². The quantitative estimate of drug-likeness (QED) is 0.155. The van der Waals surface area contributed by atoms with Gasteiger partial charge in [0.15, 0.2) is 0 Å². The summed E-state index contributed by atoms with van der Waals surface area (Å²) in [6.45, 7) is 0. The van der Waals surface area contributed by atoms with Crippen molar-refractivity contribution < 1.29 is 0 Å². The zero-order chi connectivity index (χ0) is 35.4. The highest BCUT2D eigenvalue weighted by atomic mass is 15.1. The molecule has 250 valence electrons. The van der Waals surface area contributed by atoms with Gasteiger partial charge in [0.25, 0.3) is 0 Å². The molecule has 0 heterocycles. The predicted octanol–water partition coefficient (Wildman–Crippen LogP) is 14.6. The van der Waals surface area contributed by atoms with E-state index in [9.17, 15) is 0 Å². The van der Waals surface area contributed by atoms with Gasteiger partial charge in [0, 0.05) is 16.9 Å². The first-order valence-corrected chi connectivity index (χ1v) is 18.2. The second-order valence-electron chi connectivity index (χ2n) is 13.3. The van der Waals surface area contributed by atoms with Crippen LogP contribution in [-0.2, 0) is 0 Å². The summed E-state index contributed by atoms with van der Waals surface area (Å²) in [5, 5.41) is 2.50. The van der Waals surface area contributed by atoms with E-state index in [-0.39, 0.29) is 0 Å². The van der Waals surface area contributed by atoms with Crippen molar-refractivity contribution in [1.82, 2.24) is 0 Å². The van der Waals surface area contributed by atoms with Crippen molar-refractivity contribution in [1.29, 1.82) is 0 Å². The Bertz CT molecular complexity index is 2660. The first kappa shape index (κ1) is 32.0. The summed E-state index contributed by atoms with van der Waals surface area (Å²) >= 11 is 0. The number of hydrogen-bond donors (Lipinski definition) is 0. The van der Waals surface area contributed by atoms with Crippen LogP contribution in [0.5, 0.6) is 0 Å². The average molecular weight is 676 g/mol. The fourth-order valence-electron chi connectivity index (χ4n) is 7.49. The number of anilines is 3. The Morgan fingerprint density at radius 2 is 0.698 bits per heavy atom. The monoisotopic (exact) mass is 675 g/mol. The molecule has 1 nitrogen and oxygen atoms in total. The zero-order valence-electron chi connectivity index (χ0n) is 29.3. The molecule has 0 saturated carbocycles. The summed E-state index contributed by atoms with van der Waals surface area (Å²) in [5.41, 5.74) is 15.2. The second kappa shape index (κ2) is 14.3. The van der Waals surface area contributed by atoms with E-state index < -0.39 is 0 Å². The van der Waals surface area contributed by atoms with Gasteiger partial charge in [-0.15, -0.1) is 0 Å². The third-order valence-electron chi connectivity index (χ3n) is 10.1. The van der Waals surface area contributed by atoms with E-state index in [1.165, 1.54) is 60.8 Å². The highest BCUT2D eigenvalue weighted by Crippen LogP contribution is 2.46. The Kier molecular flexibility index (Phi) is 8.66. The molecule has 0 radical (unpaired) electrons. The standard InChI is InChI=1S/C52H37N/c1-3-16-38(17-4-1)43-22-15-23-46(37-43)53(45-34-32-40(33-35-45)44-31-30-39-18-7-8-21-42(39)36-44)52-29-14-13-28-51(52)50-27-12-11-26-49(50)48-25-10-9-24-47(48)41-19-5-2-6-20-41/h1-37H. The van der Waals surface area contributed by atoms with E-state index in [0.29, 0.717) is 0 Å². The summed E-state index contributed by atoms with van der Waals surface area (Å²) < 4.78 is 0. The Balaban J connectivity index is 1.21. The molecule has 1 heteroatoms. The van der Waals surface area contributed by atoms with Crippen LogP contribution >= 0.6 is 0 Å². The number of fused-ring (bicyclic) bond motifs is 1. The van der Waals surface area contributed by atoms with Crippen LogP contribution in [0.25, 0.3) is 66.4 Å². The molecule has 0 unspecified atom stereocenters. The molecule has 9 aromatic rings. The van der Waals surface area contributed by atoms with E-state index in [1.54, 1.807) is 0 Å². The lowest BCUT2D eigenvalue weighted by molar-refractivity contribution is 1.28. The summed E-state index contributed by atoms with van der Waals surface area (Å²) in [7, 11) is 0. The maximum Gasteiger partial charge on any atom is 0.0540 e. The van der Waals surface area contributed by atoms with Crippen LogP contribution in [0.3, 0.4) is 0 Å². The molecular formula is C52H37N.